The molecule has 1 aliphatic heterocycles. The van der Waals surface area contributed by atoms with Gasteiger partial charge in [0.25, 0.3) is 0 Å². The van der Waals surface area contributed by atoms with Crippen molar-refractivity contribution in [3.05, 3.63) is 59.3 Å². The second-order valence-corrected chi connectivity index (χ2v) is 5.68. The molecule has 0 bridgehead atoms. The molecule has 1 aromatic heterocycles. The summed E-state index contributed by atoms with van der Waals surface area (Å²) in [4.78, 5) is 6.19. The van der Waals surface area contributed by atoms with Crippen LogP contribution in [0.25, 0.3) is 0 Å². The predicted molar refractivity (Wildman–Crippen MR) is 80.9 cm³/mol. The third-order valence-electron chi connectivity index (χ3n) is 4.13. The van der Waals surface area contributed by atoms with E-state index in [0.717, 1.165) is 11.6 Å². The molecule has 2 aromatic rings. The molecule has 0 spiro atoms. The van der Waals surface area contributed by atoms with E-state index in [1.54, 1.807) is 19.4 Å². The lowest BCUT2D eigenvalue weighted by Crippen LogP contribution is -2.24. The highest BCUT2D eigenvalue weighted by Crippen LogP contribution is 2.34. The molecule has 23 heavy (non-hydrogen) atoms. The Hall–Kier alpha value is -2.05. The zero-order valence-corrected chi connectivity index (χ0v) is 12.7. The molecule has 1 N–H and O–H groups in total. The van der Waals surface area contributed by atoms with Crippen molar-refractivity contribution < 1.29 is 18.6 Å². The van der Waals surface area contributed by atoms with Crippen LogP contribution in [-0.2, 0) is 6.54 Å². The first kappa shape index (κ1) is 15.8. The van der Waals surface area contributed by atoms with Gasteiger partial charge in [0.05, 0.1) is 13.2 Å². The van der Waals surface area contributed by atoms with Gasteiger partial charge in [-0.15, -0.1) is 0 Å². The van der Waals surface area contributed by atoms with Crippen molar-refractivity contribution in [2.75, 3.05) is 13.7 Å². The number of likely N-dealkylation sites (tertiary alicyclic amines) is 1. The first-order valence-electron chi connectivity index (χ1n) is 7.43. The van der Waals surface area contributed by atoms with Gasteiger partial charge in [-0.25, -0.2) is 13.8 Å². The van der Waals surface area contributed by atoms with Gasteiger partial charge in [0.1, 0.15) is 0 Å². The van der Waals surface area contributed by atoms with Crippen molar-refractivity contribution >= 4 is 0 Å². The number of pyridine rings is 1. The van der Waals surface area contributed by atoms with Crippen molar-refractivity contribution in [1.29, 1.82) is 0 Å². The second kappa shape index (κ2) is 6.60. The van der Waals surface area contributed by atoms with E-state index in [1.165, 1.54) is 6.07 Å². The Morgan fingerprint density at radius 1 is 1.30 bits per heavy atom. The van der Waals surface area contributed by atoms with E-state index >= 15 is 0 Å². The SMILES string of the molecule is COc1ncccc1CN1CC(O)CC1c1ccc(F)c(F)c1. The molecular weight excluding hydrogens is 302 g/mol. The normalized spacial score (nSPS) is 21.6. The van der Waals surface area contributed by atoms with Crippen molar-refractivity contribution in [1.82, 2.24) is 9.88 Å². The largest absolute Gasteiger partial charge is 0.481 e. The van der Waals surface area contributed by atoms with Crippen LogP contribution < -0.4 is 4.74 Å². The molecule has 1 aromatic carbocycles. The minimum Gasteiger partial charge on any atom is -0.481 e. The predicted octanol–water partition coefficient (Wildman–Crippen LogP) is 2.68. The van der Waals surface area contributed by atoms with Gasteiger partial charge in [-0.05, 0) is 30.2 Å². The summed E-state index contributed by atoms with van der Waals surface area (Å²) in [5, 5.41) is 10.0. The van der Waals surface area contributed by atoms with Crippen LogP contribution in [-0.4, -0.2) is 34.7 Å². The highest BCUT2D eigenvalue weighted by atomic mass is 19.2. The molecule has 122 valence electrons. The summed E-state index contributed by atoms with van der Waals surface area (Å²) in [7, 11) is 1.55. The number of rotatable bonds is 4. The number of nitrogens with zero attached hydrogens (tertiary/aromatic N) is 2. The minimum absolute atomic E-state index is 0.176. The number of aliphatic hydroxyl groups is 1. The van der Waals surface area contributed by atoms with Gasteiger partial charge in [-0.3, -0.25) is 4.90 Å². The van der Waals surface area contributed by atoms with E-state index in [-0.39, 0.29) is 6.04 Å². The smallest absolute Gasteiger partial charge is 0.217 e. The lowest BCUT2D eigenvalue weighted by atomic mass is 10.0. The van der Waals surface area contributed by atoms with Crippen molar-refractivity contribution in [2.24, 2.45) is 0 Å². The molecule has 0 saturated carbocycles. The molecule has 0 radical (unpaired) electrons. The van der Waals surface area contributed by atoms with Gasteiger partial charge in [0, 0.05) is 30.9 Å². The van der Waals surface area contributed by atoms with Crippen molar-refractivity contribution in [3.63, 3.8) is 0 Å². The molecule has 1 fully saturated rings. The summed E-state index contributed by atoms with van der Waals surface area (Å²) >= 11 is 0. The molecule has 0 aliphatic carbocycles. The number of hydrogen-bond donors (Lipinski definition) is 1. The molecule has 2 unspecified atom stereocenters. The van der Waals surface area contributed by atoms with Gasteiger partial charge < -0.3 is 9.84 Å². The number of benzene rings is 1. The maximum Gasteiger partial charge on any atom is 0.217 e. The second-order valence-electron chi connectivity index (χ2n) is 5.68. The molecule has 6 heteroatoms. The van der Waals surface area contributed by atoms with Crippen molar-refractivity contribution in [2.45, 2.75) is 25.1 Å². The third-order valence-corrected chi connectivity index (χ3v) is 4.13. The fourth-order valence-electron chi connectivity index (χ4n) is 3.07. The minimum atomic E-state index is -0.872. The molecular formula is C17H18F2N2O2. The Morgan fingerprint density at radius 3 is 2.87 bits per heavy atom. The molecule has 0 amide bonds. The molecule has 1 saturated heterocycles. The van der Waals surface area contributed by atoms with Gasteiger partial charge in [-0.1, -0.05) is 12.1 Å². The van der Waals surface area contributed by atoms with Gasteiger partial charge in [0.2, 0.25) is 5.88 Å². The van der Waals surface area contributed by atoms with Crippen LogP contribution in [0.15, 0.2) is 36.5 Å². The van der Waals surface area contributed by atoms with Crippen LogP contribution in [0.4, 0.5) is 8.78 Å². The van der Waals surface area contributed by atoms with E-state index in [9.17, 15) is 13.9 Å². The van der Waals surface area contributed by atoms with E-state index in [0.29, 0.717) is 31.0 Å². The summed E-state index contributed by atoms with van der Waals surface area (Å²) in [6.45, 7) is 0.972. The monoisotopic (exact) mass is 320 g/mol. The first-order chi connectivity index (χ1) is 11.1. The van der Waals surface area contributed by atoms with Crippen LogP contribution in [0.5, 0.6) is 5.88 Å². The number of halogens is 2. The van der Waals surface area contributed by atoms with E-state index < -0.39 is 17.7 Å². The Balaban J connectivity index is 1.86. The zero-order chi connectivity index (χ0) is 16.4. The molecule has 4 nitrogen and oxygen atoms in total. The van der Waals surface area contributed by atoms with Gasteiger partial charge in [0.15, 0.2) is 11.6 Å². The summed E-state index contributed by atoms with van der Waals surface area (Å²) in [6.07, 6.45) is 1.62. The maximum atomic E-state index is 13.5. The summed E-state index contributed by atoms with van der Waals surface area (Å²) in [5.41, 5.74) is 1.54. The fourth-order valence-corrected chi connectivity index (χ4v) is 3.07. The first-order valence-corrected chi connectivity index (χ1v) is 7.43. The van der Waals surface area contributed by atoms with E-state index in [1.807, 2.05) is 17.0 Å². The van der Waals surface area contributed by atoms with Crippen molar-refractivity contribution in [3.8, 4) is 5.88 Å². The number of methoxy groups -OCH3 is 1. The average Bonchev–Trinajstić information content (AvgIpc) is 2.91. The fraction of sp³-hybridized carbons (Fsp3) is 0.353. The van der Waals surface area contributed by atoms with Crippen LogP contribution >= 0.6 is 0 Å². The number of hydrogen-bond acceptors (Lipinski definition) is 4. The Labute approximate surface area is 133 Å². The average molecular weight is 320 g/mol. The zero-order valence-electron chi connectivity index (χ0n) is 12.7. The molecule has 1 aliphatic rings. The highest BCUT2D eigenvalue weighted by Gasteiger charge is 2.33. The number of β-amino-alcohol motifs (C(OH)–C–C–N with tert-alkyl or cyclic N) is 1. The van der Waals surface area contributed by atoms with Crippen LogP contribution in [0.3, 0.4) is 0 Å². The standard InChI is InChI=1S/C17H18F2N2O2/c1-23-17-12(3-2-6-20-17)9-21-10-13(22)8-16(21)11-4-5-14(18)15(19)7-11/h2-7,13,16,22H,8-10H2,1H3. The van der Waals surface area contributed by atoms with Crippen LogP contribution in [0.2, 0.25) is 0 Å². The maximum absolute atomic E-state index is 13.5. The van der Waals surface area contributed by atoms with Crippen LogP contribution in [0, 0.1) is 11.6 Å². The summed E-state index contributed by atoms with van der Waals surface area (Å²) < 4.78 is 31.9. The van der Waals surface area contributed by atoms with Crippen LogP contribution in [0.1, 0.15) is 23.6 Å². The lowest BCUT2D eigenvalue weighted by molar-refractivity contribution is 0.172. The Bertz CT molecular complexity index is 696. The number of aromatic nitrogens is 1. The number of aliphatic hydroxyl groups excluding tert-OH is 1. The van der Waals surface area contributed by atoms with Gasteiger partial charge in [-0.2, -0.15) is 0 Å². The Morgan fingerprint density at radius 2 is 2.13 bits per heavy atom. The highest BCUT2D eigenvalue weighted by molar-refractivity contribution is 5.27. The third kappa shape index (κ3) is 3.33. The molecule has 3 rings (SSSR count). The molecule has 2 heterocycles. The molecule has 2 atom stereocenters. The van der Waals surface area contributed by atoms with E-state index in [4.69, 9.17) is 4.74 Å². The number of ether oxygens (including phenoxy) is 1. The summed E-state index contributed by atoms with van der Waals surface area (Å²) in [6, 6.07) is 7.43. The van der Waals surface area contributed by atoms with E-state index in [2.05, 4.69) is 4.98 Å². The Kier molecular flexibility index (Phi) is 4.54. The quantitative estimate of drug-likeness (QED) is 0.941. The van der Waals surface area contributed by atoms with Gasteiger partial charge >= 0.3 is 0 Å². The topological polar surface area (TPSA) is 45.6 Å². The summed E-state index contributed by atoms with van der Waals surface area (Å²) in [5.74, 6) is -1.21. The lowest BCUT2D eigenvalue weighted by Gasteiger charge is -2.25.